The molecule has 2 aliphatic heterocycles. The highest BCUT2D eigenvalue weighted by atomic mass is 19.4. The molecule has 5 atom stereocenters. The lowest BCUT2D eigenvalue weighted by atomic mass is 9.48. The fourth-order valence-corrected chi connectivity index (χ4v) is 8.49. The van der Waals surface area contributed by atoms with Crippen molar-refractivity contribution in [3.8, 4) is 11.5 Å². The molecule has 10 heteroatoms. The number of carbonyl (C=O) groups is 2. The summed E-state index contributed by atoms with van der Waals surface area (Å²) in [5.74, 6) is 0.721. The van der Waals surface area contributed by atoms with Crippen LogP contribution >= 0.6 is 0 Å². The van der Waals surface area contributed by atoms with Gasteiger partial charge in [-0.05, 0) is 80.6 Å². The number of piperidine rings is 1. The first-order chi connectivity index (χ1) is 20.8. The zero-order chi connectivity index (χ0) is 31.6. The first kappa shape index (κ1) is 30.5. The smallest absolute Gasteiger partial charge is 0.416 e. The number of nitrogens with zero attached hydrogens (tertiary/aromatic N) is 2. The summed E-state index contributed by atoms with van der Waals surface area (Å²) < 4.78 is 59.1. The minimum absolute atomic E-state index is 0.0610. The van der Waals surface area contributed by atoms with Crippen LogP contribution in [-0.4, -0.2) is 72.7 Å². The highest BCUT2D eigenvalue weighted by Gasteiger charge is 2.75. The summed E-state index contributed by atoms with van der Waals surface area (Å²) in [5, 5.41) is 0. The Balaban J connectivity index is 1.44. The molecule has 0 aromatic heterocycles. The normalized spacial score (nSPS) is 28.9. The van der Waals surface area contributed by atoms with Crippen LogP contribution in [0.15, 0.2) is 42.5 Å². The maximum atomic E-state index is 14.0. The van der Waals surface area contributed by atoms with E-state index in [1.54, 1.807) is 13.2 Å². The molecule has 2 fully saturated rings. The third-order valence-electron chi connectivity index (χ3n) is 10.1. The highest BCUT2D eigenvalue weighted by Crippen LogP contribution is 2.67. The van der Waals surface area contributed by atoms with E-state index in [0.717, 1.165) is 29.8 Å². The molecule has 1 amide bonds. The van der Waals surface area contributed by atoms with Crippen LogP contribution in [-0.2, 0) is 32.3 Å². The van der Waals surface area contributed by atoms with E-state index >= 15 is 0 Å². The number of likely N-dealkylation sites (N-methyl/N-ethyl adjacent to an activating group) is 1. The van der Waals surface area contributed by atoms with E-state index in [-0.39, 0.29) is 35.4 Å². The quantitative estimate of drug-likeness (QED) is 0.298. The summed E-state index contributed by atoms with van der Waals surface area (Å²) >= 11 is 0. The Morgan fingerprint density at radius 3 is 2.66 bits per heavy atom. The van der Waals surface area contributed by atoms with Gasteiger partial charge in [0, 0.05) is 25.1 Å². The van der Waals surface area contributed by atoms with Crippen molar-refractivity contribution in [1.82, 2.24) is 9.80 Å². The molecule has 0 N–H and O–H groups in total. The molecular weight excluding hydrogens is 573 g/mol. The van der Waals surface area contributed by atoms with Gasteiger partial charge in [-0.2, -0.15) is 13.2 Å². The van der Waals surface area contributed by atoms with Crippen molar-refractivity contribution in [3.63, 3.8) is 0 Å². The van der Waals surface area contributed by atoms with Crippen LogP contribution in [0, 0.1) is 5.92 Å². The minimum Gasteiger partial charge on any atom is -0.493 e. The zero-order valence-electron chi connectivity index (χ0n) is 25.7. The van der Waals surface area contributed by atoms with Gasteiger partial charge in [0.25, 0.3) is 0 Å². The average molecular weight is 613 g/mol. The molecule has 2 bridgehead atoms. The van der Waals surface area contributed by atoms with Crippen LogP contribution in [0.25, 0.3) is 6.08 Å². The number of rotatable bonds is 7. The fourth-order valence-electron chi connectivity index (χ4n) is 8.49. The summed E-state index contributed by atoms with van der Waals surface area (Å²) in [4.78, 5) is 30.9. The zero-order valence-corrected chi connectivity index (χ0v) is 25.7. The van der Waals surface area contributed by atoms with Crippen molar-refractivity contribution >= 4 is 18.0 Å². The number of hydrogen-bond acceptors (Lipinski definition) is 6. The number of ether oxygens (including phenoxy) is 3. The summed E-state index contributed by atoms with van der Waals surface area (Å²) in [6.45, 7) is 6.70. The Hall–Kier alpha value is -3.53. The maximum absolute atomic E-state index is 14.0. The molecule has 44 heavy (non-hydrogen) atoms. The Morgan fingerprint density at radius 2 is 1.98 bits per heavy atom. The number of likely N-dealkylation sites (tertiary alicyclic amines) is 1. The molecule has 1 spiro atoms. The second kappa shape index (κ2) is 10.8. The molecule has 2 aromatic carbocycles. The van der Waals surface area contributed by atoms with Gasteiger partial charge in [-0.3, -0.25) is 14.5 Å². The van der Waals surface area contributed by atoms with E-state index in [4.69, 9.17) is 14.2 Å². The predicted molar refractivity (Wildman–Crippen MR) is 158 cm³/mol. The van der Waals surface area contributed by atoms with Gasteiger partial charge in [-0.25, -0.2) is 0 Å². The van der Waals surface area contributed by atoms with Gasteiger partial charge in [0.05, 0.1) is 30.2 Å². The molecule has 1 saturated carbocycles. The molecule has 1 saturated heterocycles. The van der Waals surface area contributed by atoms with Gasteiger partial charge in [-0.15, -0.1) is 0 Å². The van der Waals surface area contributed by atoms with Crippen molar-refractivity contribution in [2.75, 3.05) is 27.2 Å². The van der Waals surface area contributed by atoms with E-state index in [1.807, 2.05) is 24.8 Å². The molecule has 0 unspecified atom stereocenters. The Bertz CT molecular complexity index is 1510. The average Bonchev–Trinajstić information content (AvgIpc) is 3.32. The molecule has 2 aromatic rings. The maximum Gasteiger partial charge on any atom is 0.416 e. The summed E-state index contributed by atoms with van der Waals surface area (Å²) in [6.07, 6.45) is 0.254. The molecule has 7 nitrogen and oxygen atoms in total. The molecule has 6 rings (SSSR count). The van der Waals surface area contributed by atoms with Gasteiger partial charge >= 0.3 is 12.1 Å². The number of benzene rings is 2. The van der Waals surface area contributed by atoms with Gasteiger partial charge < -0.3 is 19.1 Å². The van der Waals surface area contributed by atoms with E-state index in [9.17, 15) is 22.8 Å². The number of carbonyl (C=O) groups excluding carboxylic acids is 2. The number of amides is 1. The number of hydrogen-bond donors (Lipinski definition) is 0. The fraction of sp³-hybridized carbons (Fsp3) is 0.529. The molecule has 0 radical (unpaired) electrons. The predicted octanol–water partition coefficient (Wildman–Crippen LogP) is 5.64. The third-order valence-corrected chi connectivity index (χ3v) is 10.1. The Kier molecular flexibility index (Phi) is 7.50. The summed E-state index contributed by atoms with van der Waals surface area (Å²) in [5.41, 5.74) is 0.130. The third kappa shape index (κ3) is 4.59. The van der Waals surface area contributed by atoms with Crippen LogP contribution in [0.1, 0.15) is 62.3 Å². The lowest BCUT2D eigenvalue weighted by Gasteiger charge is -2.65. The van der Waals surface area contributed by atoms with E-state index in [2.05, 4.69) is 18.0 Å². The summed E-state index contributed by atoms with van der Waals surface area (Å²) in [7, 11) is 3.67. The van der Waals surface area contributed by atoms with Crippen molar-refractivity contribution in [3.05, 3.63) is 64.7 Å². The van der Waals surface area contributed by atoms with Crippen molar-refractivity contribution < 1.29 is 37.0 Å². The monoisotopic (exact) mass is 612 g/mol. The standard InChI is InChI=1S/C34H39F3N2O5/c1-20(2)19-39(28(41)12-9-22-7-6-8-24(17-22)34(35,36)37)25-13-14-33(44-21(3)40)27-18-23-10-11-26(42-5)30-29(23)32(33,31(25)43-30)15-16-38(27)4/h6-12,17,20,25,27,31H,13-16,18-19H2,1-5H3/t25-,27-,31+,32+,33-/m1/s1. The van der Waals surface area contributed by atoms with Gasteiger partial charge in [0.1, 0.15) is 11.7 Å². The number of halogens is 3. The number of esters is 1. The van der Waals surface area contributed by atoms with Crippen LogP contribution < -0.4 is 9.47 Å². The van der Waals surface area contributed by atoms with E-state index in [0.29, 0.717) is 43.7 Å². The molecule has 236 valence electrons. The Morgan fingerprint density at radius 1 is 1.20 bits per heavy atom. The number of alkyl halides is 3. The van der Waals surface area contributed by atoms with Crippen molar-refractivity contribution in [1.29, 1.82) is 0 Å². The molecule has 2 aliphatic carbocycles. The van der Waals surface area contributed by atoms with Gasteiger partial charge in [0.2, 0.25) is 5.91 Å². The topological polar surface area (TPSA) is 68.3 Å². The van der Waals surface area contributed by atoms with Crippen LogP contribution in [0.4, 0.5) is 13.2 Å². The molecule has 2 heterocycles. The highest BCUT2D eigenvalue weighted by molar-refractivity contribution is 5.92. The SMILES string of the molecule is COc1ccc2c3c1O[C@H]1[C@H](N(CC(C)C)C(=O)C=Cc4cccc(C(F)(F)F)c4)CC[C@@]4(OC(C)=O)[C@@H](C2)N(C)CC[C@]314. The first-order valence-electron chi connectivity index (χ1n) is 15.2. The van der Waals surface area contributed by atoms with Crippen molar-refractivity contribution in [2.24, 2.45) is 5.92 Å². The lowest BCUT2D eigenvalue weighted by Crippen LogP contribution is -2.79. The van der Waals surface area contributed by atoms with Crippen molar-refractivity contribution in [2.45, 2.75) is 81.8 Å². The van der Waals surface area contributed by atoms with E-state index < -0.39 is 28.9 Å². The second-order valence-corrected chi connectivity index (χ2v) is 13.0. The van der Waals surface area contributed by atoms with E-state index in [1.165, 1.54) is 25.1 Å². The van der Waals surface area contributed by atoms with Crippen LogP contribution in [0.2, 0.25) is 0 Å². The largest absolute Gasteiger partial charge is 0.493 e. The lowest BCUT2D eigenvalue weighted by molar-refractivity contribution is -0.221. The molecular formula is C34H39F3N2O5. The van der Waals surface area contributed by atoms with Gasteiger partial charge in [-0.1, -0.05) is 32.0 Å². The Labute approximate surface area is 255 Å². The minimum atomic E-state index is -4.48. The second-order valence-electron chi connectivity index (χ2n) is 13.0. The summed E-state index contributed by atoms with van der Waals surface area (Å²) in [6, 6.07) is 8.49. The van der Waals surface area contributed by atoms with Gasteiger partial charge in [0.15, 0.2) is 11.5 Å². The molecule has 4 aliphatic rings. The van der Waals surface area contributed by atoms with Crippen LogP contribution in [0.5, 0.6) is 11.5 Å². The van der Waals surface area contributed by atoms with Crippen LogP contribution in [0.3, 0.4) is 0 Å². The first-order valence-corrected chi connectivity index (χ1v) is 15.2. The number of methoxy groups -OCH3 is 1.